The van der Waals surface area contributed by atoms with Gasteiger partial charge in [-0.05, 0) is 70.2 Å². The van der Waals surface area contributed by atoms with Gasteiger partial charge in [-0.3, -0.25) is 9.59 Å². The van der Waals surface area contributed by atoms with E-state index in [0.717, 1.165) is 27.6 Å². The molecule has 0 aromatic heterocycles. The SMILES string of the molecule is CCNC(=O)[C@H](Cc1ccccc1)N(Cc1ccc(Cl)c(Cl)c1)C(=O)COc1ccc(CC)cc1Br. The van der Waals surface area contributed by atoms with Crippen molar-refractivity contribution in [2.24, 2.45) is 0 Å². The second-order valence-electron chi connectivity index (χ2n) is 8.28. The van der Waals surface area contributed by atoms with Crippen molar-refractivity contribution < 1.29 is 14.3 Å². The maximum absolute atomic E-state index is 13.6. The third-order valence-corrected chi connectivity index (χ3v) is 7.07. The molecular formula is C28H29BrCl2N2O3. The lowest BCUT2D eigenvalue weighted by Gasteiger charge is -2.31. The van der Waals surface area contributed by atoms with Crippen LogP contribution in [-0.2, 0) is 29.0 Å². The second kappa shape index (κ2) is 13.7. The molecule has 3 aromatic rings. The van der Waals surface area contributed by atoms with Gasteiger partial charge in [-0.1, -0.05) is 72.6 Å². The van der Waals surface area contributed by atoms with Gasteiger partial charge in [0.15, 0.2) is 6.61 Å². The van der Waals surface area contributed by atoms with Crippen molar-refractivity contribution >= 4 is 50.9 Å². The minimum absolute atomic E-state index is 0.170. The van der Waals surface area contributed by atoms with Crippen LogP contribution in [-0.4, -0.2) is 35.9 Å². The van der Waals surface area contributed by atoms with Crippen LogP contribution in [0.3, 0.4) is 0 Å². The highest BCUT2D eigenvalue weighted by atomic mass is 79.9. The van der Waals surface area contributed by atoms with Gasteiger partial charge < -0.3 is 15.0 Å². The summed E-state index contributed by atoms with van der Waals surface area (Å²) in [5.74, 6) is 0.00984. The van der Waals surface area contributed by atoms with E-state index in [9.17, 15) is 9.59 Å². The molecule has 1 atom stereocenters. The zero-order valence-corrected chi connectivity index (χ0v) is 23.4. The summed E-state index contributed by atoms with van der Waals surface area (Å²) in [6.45, 7) is 4.32. The number of hydrogen-bond acceptors (Lipinski definition) is 3. The Morgan fingerprint density at radius 3 is 2.31 bits per heavy atom. The van der Waals surface area contributed by atoms with Gasteiger partial charge in [0.2, 0.25) is 5.91 Å². The molecule has 0 aliphatic rings. The lowest BCUT2D eigenvalue weighted by Crippen LogP contribution is -2.51. The van der Waals surface area contributed by atoms with Gasteiger partial charge in [0.1, 0.15) is 11.8 Å². The molecule has 3 aromatic carbocycles. The molecule has 0 aliphatic heterocycles. The molecule has 0 fully saturated rings. The van der Waals surface area contributed by atoms with Gasteiger partial charge in [-0.25, -0.2) is 0 Å². The number of amides is 2. The number of aryl methyl sites for hydroxylation is 1. The summed E-state index contributed by atoms with van der Waals surface area (Å²) in [6, 6.07) is 19.8. The van der Waals surface area contributed by atoms with Crippen molar-refractivity contribution in [2.45, 2.75) is 39.3 Å². The molecule has 0 aliphatic carbocycles. The number of nitrogens with zero attached hydrogens (tertiary/aromatic N) is 1. The summed E-state index contributed by atoms with van der Waals surface area (Å²) in [5.41, 5.74) is 2.86. The number of hydrogen-bond donors (Lipinski definition) is 1. The summed E-state index contributed by atoms with van der Waals surface area (Å²) in [5, 5.41) is 3.68. The summed E-state index contributed by atoms with van der Waals surface area (Å²) in [7, 11) is 0. The van der Waals surface area contributed by atoms with E-state index >= 15 is 0 Å². The third-order valence-electron chi connectivity index (χ3n) is 5.71. The number of carbonyl (C=O) groups excluding carboxylic acids is 2. The van der Waals surface area contributed by atoms with Gasteiger partial charge in [0, 0.05) is 19.5 Å². The smallest absolute Gasteiger partial charge is 0.261 e. The largest absolute Gasteiger partial charge is 0.483 e. The molecule has 0 saturated carbocycles. The van der Waals surface area contributed by atoms with E-state index in [4.69, 9.17) is 27.9 Å². The van der Waals surface area contributed by atoms with Gasteiger partial charge in [0.05, 0.1) is 14.5 Å². The fourth-order valence-electron chi connectivity index (χ4n) is 3.78. The van der Waals surface area contributed by atoms with E-state index in [1.54, 1.807) is 23.1 Å². The van der Waals surface area contributed by atoms with Crippen LogP contribution in [0.2, 0.25) is 10.0 Å². The lowest BCUT2D eigenvalue weighted by molar-refractivity contribution is -0.142. The van der Waals surface area contributed by atoms with E-state index in [-0.39, 0.29) is 25.0 Å². The Hall–Kier alpha value is -2.54. The van der Waals surface area contributed by atoms with Gasteiger partial charge in [-0.15, -0.1) is 0 Å². The third kappa shape index (κ3) is 7.73. The molecule has 0 saturated heterocycles. The normalized spacial score (nSPS) is 11.6. The summed E-state index contributed by atoms with van der Waals surface area (Å²) >= 11 is 15.9. The van der Waals surface area contributed by atoms with Crippen molar-refractivity contribution in [3.8, 4) is 5.75 Å². The predicted molar refractivity (Wildman–Crippen MR) is 149 cm³/mol. The number of likely N-dealkylation sites (N-methyl/N-ethyl adjacent to an activating group) is 1. The minimum atomic E-state index is -0.746. The zero-order valence-electron chi connectivity index (χ0n) is 20.3. The fraction of sp³-hybridized carbons (Fsp3) is 0.286. The Balaban J connectivity index is 1.91. The first-order valence-electron chi connectivity index (χ1n) is 11.8. The first-order valence-corrected chi connectivity index (χ1v) is 13.3. The molecule has 36 heavy (non-hydrogen) atoms. The number of halogens is 3. The Morgan fingerprint density at radius 1 is 0.944 bits per heavy atom. The van der Waals surface area contributed by atoms with Gasteiger partial charge >= 0.3 is 0 Å². The molecular weight excluding hydrogens is 563 g/mol. The van der Waals surface area contributed by atoms with Crippen LogP contribution >= 0.6 is 39.1 Å². The molecule has 0 unspecified atom stereocenters. The Morgan fingerprint density at radius 2 is 1.67 bits per heavy atom. The van der Waals surface area contributed by atoms with E-state index in [2.05, 4.69) is 28.2 Å². The maximum atomic E-state index is 13.6. The van der Waals surface area contributed by atoms with Crippen LogP contribution in [0.15, 0.2) is 71.2 Å². The van der Waals surface area contributed by atoms with Crippen LogP contribution in [0.25, 0.3) is 0 Å². The van der Waals surface area contributed by atoms with Crippen LogP contribution in [0, 0.1) is 0 Å². The quantitative estimate of drug-likeness (QED) is 0.278. The van der Waals surface area contributed by atoms with E-state index in [0.29, 0.717) is 28.8 Å². The summed E-state index contributed by atoms with van der Waals surface area (Å²) in [4.78, 5) is 28.3. The molecule has 5 nitrogen and oxygen atoms in total. The van der Waals surface area contributed by atoms with E-state index < -0.39 is 6.04 Å². The number of rotatable bonds is 11. The number of nitrogens with one attached hydrogen (secondary N) is 1. The van der Waals surface area contributed by atoms with Crippen LogP contribution in [0.1, 0.15) is 30.5 Å². The van der Waals surface area contributed by atoms with Crippen molar-refractivity contribution in [1.29, 1.82) is 0 Å². The van der Waals surface area contributed by atoms with E-state index in [1.165, 1.54) is 0 Å². The van der Waals surface area contributed by atoms with E-state index in [1.807, 2.05) is 55.5 Å². The molecule has 8 heteroatoms. The molecule has 0 spiro atoms. The first-order chi connectivity index (χ1) is 17.3. The Bertz CT molecular complexity index is 1190. The molecule has 0 bridgehead atoms. The molecule has 1 N–H and O–H groups in total. The van der Waals surface area contributed by atoms with Crippen molar-refractivity contribution in [3.05, 3.63) is 97.9 Å². The first kappa shape index (κ1) is 28.0. The average Bonchev–Trinajstić information content (AvgIpc) is 2.88. The molecule has 190 valence electrons. The monoisotopic (exact) mass is 590 g/mol. The summed E-state index contributed by atoms with van der Waals surface area (Å²) in [6.07, 6.45) is 1.25. The Labute approximate surface area is 230 Å². The van der Waals surface area contributed by atoms with Crippen molar-refractivity contribution in [1.82, 2.24) is 10.2 Å². The van der Waals surface area contributed by atoms with Crippen LogP contribution < -0.4 is 10.1 Å². The van der Waals surface area contributed by atoms with Crippen LogP contribution in [0.5, 0.6) is 5.75 Å². The fourth-order valence-corrected chi connectivity index (χ4v) is 4.65. The zero-order chi connectivity index (χ0) is 26.1. The number of carbonyl (C=O) groups is 2. The highest BCUT2D eigenvalue weighted by molar-refractivity contribution is 9.10. The highest BCUT2D eigenvalue weighted by Crippen LogP contribution is 2.27. The highest BCUT2D eigenvalue weighted by Gasteiger charge is 2.30. The van der Waals surface area contributed by atoms with Gasteiger partial charge in [-0.2, -0.15) is 0 Å². The van der Waals surface area contributed by atoms with Gasteiger partial charge in [0.25, 0.3) is 5.91 Å². The predicted octanol–water partition coefficient (Wildman–Crippen LogP) is 6.47. The Kier molecular flexibility index (Phi) is 10.7. The van der Waals surface area contributed by atoms with Crippen LogP contribution in [0.4, 0.5) is 0 Å². The molecule has 0 radical (unpaired) electrons. The van der Waals surface area contributed by atoms with Crippen molar-refractivity contribution in [3.63, 3.8) is 0 Å². The van der Waals surface area contributed by atoms with Crippen molar-refractivity contribution in [2.75, 3.05) is 13.2 Å². The molecule has 2 amide bonds. The minimum Gasteiger partial charge on any atom is -0.483 e. The topological polar surface area (TPSA) is 58.6 Å². The lowest BCUT2D eigenvalue weighted by atomic mass is 10.0. The second-order valence-corrected chi connectivity index (χ2v) is 9.95. The average molecular weight is 592 g/mol. The number of benzene rings is 3. The molecule has 3 rings (SSSR count). The maximum Gasteiger partial charge on any atom is 0.261 e. The number of ether oxygens (including phenoxy) is 1. The molecule has 0 heterocycles. The summed E-state index contributed by atoms with van der Waals surface area (Å²) < 4.78 is 6.66. The standard InChI is InChI=1S/C28H29BrCl2N2O3/c1-3-19-11-13-26(22(29)14-19)36-18-27(34)33(17-21-10-12-23(30)24(31)15-21)25(28(35)32-4-2)16-20-8-6-5-7-9-20/h5-15,25H,3-4,16-18H2,1-2H3,(H,32,35)/t25-/m0/s1.